The Morgan fingerprint density at radius 1 is 0.786 bits per heavy atom. The molecule has 2 aromatic carbocycles. The Labute approximate surface area is 252 Å². The number of sulfonamides is 2. The van der Waals surface area contributed by atoms with Gasteiger partial charge in [0.05, 0.1) is 11.4 Å². The van der Waals surface area contributed by atoms with Gasteiger partial charge < -0.3 is 19.9 Å². The first kappa shape index (κ1) is 32.5. The number of benzene rings is 2. The molecule has 0 bridgehead atoms. The van der Waals surface area contributed by atoms with Crippen molar-refractivity contribution in [1.82, 2.24) is 13.5 Å². The van der Waals surface area contributed by atoms with Crippen LogP contribution in [0.25, 0.3) is 0 Å². The largest absolute Gasteiger partial charge is 0.492 e. The van der Waals surface area contributed by atoms with Crippen molar-refractivity contribution in [1.29, 1.82) is 0 Å². The Kier molecular flexibility index (Phi) is 11.5. The lowest BCUT2D eigenvalue weighted by Crippen LogP contribution is -2.39. The second-order valence-electron chi connectivity index (χ2n) is 11.2. The number of hydrogen-bond acceptors (Lipinski definition) is 8. The number of anilines is 2. The molecule has 234 valence electrons. The van der Waals surface area contributed by atoms with Crippen molar-refractivity contribution in [2.45, 2.75) is 55.2 Å². The summed E-state index contributed by atoms with van der Waals surface area (Å²) in [5.74, 6) is 0.727. The summed E-state index contributed by atoms with van der Waals surface area (Å²) >= 11 is 0. The molecule has 0 aliphatic carbocycles. The van der Waals surface area contributed by atoms with E-state index in [0.29, 0.717) is 63.8 Å². The van der Waals surface area contributed by atoms with Crippen molar-refractivity contribution in [3.63, 3.8) is 0 Å². The molecule has 12 heteroatoms. The highest BCUT2D eigenvalue weighted by Gasteiger charge is 2.35. The first-order valence-electron chi connectivity index (χ1n) is 15.1. The van der Waals surface area contributed by atoms with E-state index in [-0.39, 0.29) is 9.79 Å². The number of rotatable bonds is 14. The minimum atomic E-state index is -3.95. The Hall–Kier alpha value is -2.38. The van der Waals surface area contributed by atoms with Crippen LogP contribution in [0, 0.1) is 0 Å². The molecular formula is C30H47N5O5S2. The van der Waals surface area contributed by atoms with Crippen LogP contribution in [0.15, 0.2) is 52.3 Å². The highest BCUT2D eigenvalue weighted by atomic mass is 32.2. The molecule has 2 fully saturated rings. The van der Waals surface area contributed by atoms with Gasteiger partial charge >= 0.3 is 0 Å². The number of piperidine rings is 2. The van der Waals surface area contributed by atoms with Crippen LogP contribution in [0.1, 0.15) is 45.4 Å². The van der Waals surface area contributed by atoms with E-state index in [1.807, 2.05) is 56.3 Å². The summed E-state index contributed by atoms with van der Waals surface area (Å²) < 4.78 is 65.5. The highest BCUT2D eigenvalue weighted by molar-refractivity contribution is 7.90. The maximum atomic E-state index is 14.2. The van der Waals surface area contributed by atoms with Crippen molar-refractivity contribution in [3.05, 3.63) is 42.5 Å². The Balaban J connectivity index is 1.79. The van der Waals surface area contributed by atoms with Crippen LogP contribution in [-0.4, -0.2) is 103 Å². The Bertz CT molecular complexity index is 1360. The van der Waals surface area contributed by atoms with Gasteiger partial charge in [-0.3, -0.25) is 0 Å². The molecule has 0 unspecified atom stereocenters. The van der Waals surface area contributed by atoms with E-state index in [2.05, 4.69) is 10.2 Å². The van der Waals surface area contributed by atoms with Gasteiger partial charge in [-0.05, 0) is 71.0 Å². The maximum Gasteiger partial charge on any atom is 0.245 e. The van der Waals surface area contributed by atoms with E-state index in [9.17, 15) is 16.8 Å². The zero-order valence-corrected chi connectivity index (χ0v) is 26.9. The summed E-state index contributed by atoms with van der Waals surface area (Å²) in [4.78, 5) is 4.15. The topological polar surface area (TPSA) is 102 Å². The van der Waals surface area contributed by atoms with Gasteiger partial charge in [0.2, 0.25) is 20.0 Å². The van der Waals surface area contributed by atoms with Crippen LogP contribution in [-0.2, 0) is 20.0 Å². The molecule has 0 atom stereocenters. The molecule has 2 aliphatic rings. The monoisotopic (exact) mass is 621 g/mol. The summed E-state index contributed by atoms with van der Waals surface area (Å²) in [6.45, 7) is 6.29. The van der Waals surface area contributed by atoms with Gasteiger partial charge in [0.1, 0.15) is 22.1 Å². The smallest absolute Gasteiger partial charge is 0.245 e. The molecular weight excluding hydrogens is 574 g/mol. The Morgan fingerprint density at radius 2 is 1.36 bits per heavy atom. The SMILES string of the molecule is CCN(CCN(C)C)c1cc(NCCOc2ccccc2)c(S(=O)(=O)N2CCCCC2)cc1S(=O)(=O)N1CCCCC1. The predicted octanol–water partition coefficient (Wildman–Crippen LogP) is 3.91. The van der Waals surface area contributed by atoms with Gasteiger partial charge in [0.25, 0.3) is 0 Å². The molecule has 0 radical (unpaired) electrons. The van der Waals surface area contributed by atoms with Crippen LogP contribution in [0.3, 0.4) is 0 Å². The molecule has 0 amide bonds. The third kappa shape index (κ3) is 7.96. The summed E-state index contributed by atoms with van der Waals surface area (Å²) in [5.41, 5.74) is 0.919. The number of nitrogens with one attached hydrogen (secondary N) is 1. The molecule has 2 aromatic rings. The van der Waals surface area contributed by atoms with E-state index in [1.54, 1.807) is 6.07 Å². The highest BCUT2D eigenvalue weighted by Crippen LogP contribution is 2.38. The minimum absolute atomic E-state index is 0.00658. The molecule has 0 spiro atoms. The van der Waals surface area contributed by atoms with E-state index >= 15 is 0 Å². The van der Waals surface area contributed by atoms with E-state index < -0.39 is 20.0 Å². The van der Waals surface area contributed by atoms with E-state index in [0.717, 1.165) is 50.8 Å². The second-order valence-corrected chi connectivity index (χ2v) is 15.0. The summed E-state index contributed by atoms with van der Waals surface area (Å²) in [6.07, 6.45) is 5.15. The van der Waals surface area contributed by atoms with Crippen molar-refractivity contribution in [2.24, 2.45) is 0 Å². The first-order chi connectivity index (χ1) is 20.1. The fraction of sp³-hybridized carbons (Fsp3) is 0.600. The third-order valence-corrected chi connectivity index (χ3v) is 11.8. The van der Waals surface area contributed by atoms with Crippen molar-refractivity contribution in [3.8, 4) is 5.75 Å². The number of ether oxygens (including phenoxy) is 1. The van der Waals surface area contributed by atoms with Gasteiger partial charge in [0, 0.05) is 52.4 Å². The fourth-order valence-electron chi connectivity index (χ4n) is 5.48. The first-order valence-corrected chi connectivity index (χ1v) is 18.0. The van der Waals surface area contributed by atoms with E-state index in [4.69, 9.17) is 4.74 Å². The zero-order valence-electron chi connectivity index (χ0n) is 25.3. The fourth-order valence-corrected chi connectivity index (χ4v) is 8.99. The normalized spacial score (nSPS) is 17.3. The Morgan fingerprint density at radius 3 is 1.90 bits per heavy atom. The number of nitrogens with zero attached hydrogens (tertiary/aromatic N) is 4. The molecule has 10 nitrogen and oxygen atoms in total. The van der Waals surface area contributed by atoms with Crippen molar-refractivity contribution >= 4 is 31.4 Å². The molecule has 2 saturated heterocycles. The number of likely N-dealkylation sites (N-methyl/N-ethyl adjacent to an activating group) is 2. The van der Waals surface area contributed by atoms with Gasteiger partial charge in [-0.25, -0.2) is 16.8 Å². The quantitative estimate of drug-likeness (QED) is 0.317. The predicted molar refractivity (Wildman–Crippen MR) is 169 cm³/mol. The third-order valence-electron chi connectivity index (χ3n) is 7.90. The van der Waals surface area contributed by atoms with Crippen LogP contribution >= 0.6 is 0 Å². The molecule has 4 rings (SSSR count). The van der Waals surface area contributed by atoms with E-state index in [1.165, 1.54) is 14.7 Å². The van der Waals surface area contributed by atoms with Crippen molar-refractivity contribution < 1.29 is 21.6 Å². The minimum Gasteiger partial charge on any atom is -0.492 e. The molecule has 42 heavy (non-hydrogen) atoms. The van der Waals surface area contributed by atoms with Crippen LogP contribution in [0.5, 0.6) is 5.75 Å². The van der Waals surface area contributed by atoms with Crippen LogP contribution < -0.4 is 15.0 Å². The zero-order chi connectivity index (χ0) is 30.2. The lowest BCUT2D eigenvalue weighted by molar-refractivity contribution is 0.332. The summed E-state index contributed by atoms with van der Waals surface area (Å²) in [5, 5.41) is 3.29. The standard InChI is InChI=1S/C30H47N5O5S2/c1-4-33(22-21-32(2)3)28-24-27(31-16-23-40-26-14-8-5-9-15-26)29(41(36,37)34-17-10-6-11-18-34)25-30(28)42(38,39)35-19-12-7-13-20-35/h5,8-9,14-15,24-25,31H,4,6-7,10-13,16-23H2,1-3H3. The summed E-state index contributed by atoms with van der Waals surface area (Å²) in [7, 11) is -3.93. The van der Waals surface area contributed by atoms with Crippen LogP contribution in [0.4, 0.5) is 11.4 Å². The van der Waals surface area contributed by atoms with Gasteiger partial charge in [0.15, 0.2) is 0 Å². The molecule has 2 aliphatic heterocycles. The van der Waals surface area contributed by atoms with Gasteiger partial charge in [-0.1, -0.05) is 31.0 Å². The number of para-hydroxylation sites is 1. The van der Waals surface area contributed by atoms with Gasteiger partial charge in [-0.2, -0.15) is 8.61 Å². The molecule has 1 N–H and O–H groups in total. The average Bonchev–Trinajstić information content (AvgIpc) is 3.00. The molecule has 0 saturated carbocycles. The van der Waals surface area contributed by atoms with Gasteiger partial charge in [-0.15, -0.1) is 0 Å². The van der Waals surface area contributed by atoms with Crippen LogP contribution in [0.2, 0.25) is 0 Å². The lowest BCUT2D eigenvalue weighted by Gasteiger charge is -2.32. The molecule has 0 aromatic heterocycles. The summed E-state index contributed by atoms with van der Waals surface area (Å²) in [6, 6.07) is 12.6. The lowest BCUT2D eigenvalue weighted by atomic mass is 10.2. The second kappa shape index (κ2) is 14.9. The maximum absolute atomic E-state index is 14.2. The average molecular weight is 622 g/mol. The van der Waals surface area contributed by atoms with Crippen molar-refractivity contribution in [2.75, 3.05) is 83.3 Å². The number of hydrogen-bond donors (Lipinski definition) is 1. The molecule has 2 heterocycles.